The Morgan fingerprint density at radius 1 is 0.729 bits per heavy atom. The van der Waals surface area contributed by atoms with E-state index in [-0.39, 0.29) is 35.6 Å². The van der Waals surface area contributed by atoms with Gasteiger partial charge in [-0.2, -0.15) is 0 Å². The van der Waals surface area contributed by atoms with Crippen LogP contribution in [-0.2, 0) is 38.5 Å². The van der Waals surface area contributed by atoms with Crippen LogP contribution >= 0.6 is 0 Å². The average molecular weight is 757 g/mol. The van der Waals surface area contributed by atoms with Crippen LogP contribution in [0.2, 0.25) is 0 Å². The molecule has 0 aliphatic heterocycles. The molecule has 2 aromatic rings. The van der Waals surface area contributed by atoms with Gasteiger partial charge in [-0.05, 0) is 0 Å². The Kier molecular flexibility index (Phi) is 8.32. The summed E-state index contributed by atoms with van der Waals surface area (Å²) in [6.07, 6.45) is 16.7. The van der Waals surface area contributed by atoms with Gasteiger partial charge in [0.1, 0.15) is 0 Å². The second-order valence-electron chi connectivity index (χ2n) is 18.4. The molecule has 8 aliphatic rings. The van der Waals surface area contributed by atoms with Gasteiger partial charge in [-0.25, -0.2) is 0 Å². The molecule has 4 fully saturated rings. The predicted octanol–water partition coefficient (Wildman–Crippen LogP) is 5.74. The van der Waals surface area contributed by atoms with E-state index in [4.69, 9.17) is 0 Å². The van der Waals surface area contributed by atoms with Crippen molar-refractivity contribution in [1.29, 1.82) is 0 Å². The number of hydrogen-bond donors (Lipinski definition) is 0. The van der Waals surface area contributed by atoms with Crippen LogP contribution in [-0.4, -0.2) is 3.21 Å². The summed E-state index contributed by atoms with van der Waals surface area (Å²) in [5.41, 5.74) is 17.6. The number of allylic oxidation sites excluding steroid dienone is 8. The maximum atomic E-state index is 2.84. The Morgan fingerprint density at radius 3 is 1.88 bits per heavy atom. The minimum Gasteiger partial charge on any atom is -1.00 e. The molecule has 10 rings (SSSR count). The minimum atomic E-state index is -2.32. The molecule has 3 heteroatoms. The number of fused-ring (bicyclic) bond motifs is 5. The summed E-state index contributed by atoms with van der Waals surface area (Å²) in [5.74, 6) is 4.49. The fourth-order valence-electron chi connectivity index (χ4n) is 12.6. The Bertz CT molecular complexity index is 1910. The largest absolute Gasteiger partial charge is 1.00 e. The summed E-state index contributed by atoms with van der Waals surface area (Å²) in [5, 5.41) is 0. The van der Waals surface area contributed by atoms with Crippen molar-refractivity contribution in [2.24, 2.45) is 35.0 Å². The van der Waals surface area contributed by atoms with Gasteiger partial charge in [0.2, 0.25) is 0 Å². The molecular formula is C45H54Cl2Zr. The van der Waals surface area contributed by atoms with Crippen molar-refractivity contribution in [3.63, 3.8) is 0 Å². The first-order chi connectivity index (χ1) is 21.7. The third kappa shape index (κ3) is 4.64. The van der Waals surface area contributed by atoms with Gasteiger partial charge < -0.3 is 24.8 Å². The first-order valence-corrected chi connectivity index (χ1v) is 22.3. The van der Waals surface area contributed by atoms with Crippen molar-refractivity contribution < 1.29 is 46.1 Å². The average Bonchev–Trinajstić information content (AvgIpc) is 3.65. The first kappa shape index (κ1) is 35.1. The van der Waals surface area contributed by atoms with Crippen molar-refractivity contribution in [2.45, 2.75) is 119 Å². The van der Waals surface area contributed by atoms with Gasteiger partial charge in [-0.3, -0.25) is 0 Å². The van der Waals surface area contributed by atoms with Gasteiger partial charge in [0.25, 0.3) is 0 Å². The number of hydrogen-bond acceptors (Lipinski definition) is 0. The van der Waals surface area contributed by atoms with E-state index in [1.807, 2.05) is 6.56 Å². The van der Waals surface area contributed by atoms with Gasteiger partial charge in [-0.15, -0.1) is 0 Å². The van der Waals surface area contributed by atoms with Gasteiger partial charge in [0.05, 0.1) is 0 Å². The second-order valence-corrected chi connectivity index (χ2v) is 25.4. The van der Waals surface area contributed by atoms with Crippen LogP contribution < -0.4 is 24.8 Å². The summed E-state index contributed by atoms with van der Waals surface area (Å²) < 4.78 is 5.46. The second kappa shape index (κ2) is 11.4. The third-order valence-corrected chi connectivity index (χ3v) is 23.7. The van der Waals surface area contributed by atoms with Crippen LogP contribution in [0.1, 0.15) is 135 Å². The smallest absolute Gasteiger partial charge is 1.00 e. The monoisotopic (exact) mass is 754 g/mol. The van der Waals surface area contributed by atoms with E-state index in [9.17, 15) is 0 Å². The fourth-order valence-corrected chi connectivity index (χ4v) is 21.1. The first-order valence-electron chi connectivity index (χ1n) is 18.6. The van der Waals surface area contributed by atoms with E-state index < -0.39 is 21.3 Å². The predicted molar refractivity (Wildman–Crippen MR) is 194 cm³/mol. The topological polar surface area (TPSA) is 0 Å². The standard InChI is InChI=1S/C25H25.C17H23.C3H6.2ClH.Zr/c1-14-12-24(3,4)22-8-16-7-17-9-23-19(15(2)13-25(23,5)6)11-21(17)20(16)10-18(14)22;1-11-3-4-14(5-11)17(2)15-7-12-6-13(9-15)10-16(17)8-12;1-3-2;;;/h8-12H,7H2,1-6H3;4-5,11-13,15-16H,6-10H2,1-2H3;1-2H3;2*1H;/q;;;;;+2/p-2. The quantitative estimate of drug-likeness (QED) is 0.321. The van der Waals surface area contributed by atoms with Crippen molar-refractivity contribution in [3.05, 3.63) is 88.0 Å². The van der Waals surface area contributed by atoms with E-state index in [0.29, 0.717) is 11.3 Å². The molecule has 0 spiro atoms. The van der Waals surface area contributed by atoms with Gasteiger partial charge in [0.15, 0.2) is 0 Å². The Labute approximate surface area is 311 Å². The molecule has 4 saturated carbocycles. The van der Waals surface area contributed by atoms with Gasteiger partial charge in [-0.1, -0.05) is 0 Å². The molecule has 8 aliphatic carbocycles. The molecule has 0 saturated heterocycles. The molecule has 1 atom stereocenters. The molecule has 1 unspecified atom stereocenters. The van der Waals surface area contributed by atoms with E-state index in [1.54, 1.807) is 31.0 Å². The molecule has 0 radical (unpaired) electrons. The zero-order valence-electron chi connectivity index (χ0n) is 30.9. The van der Waals surface area contributed by atoms with Crippen LogP contribution in [0.25, 0.3) is 22.3 Å². The van der Waals surface area contributed by atoms with E-state index in [2.05, 4.69) is 112 Å². The van der Waals surface area contributed by atoms with Crippen LogP contribution in [0, 0.1) is 35.0 Å². The summed E-state index contributed by atoms with van der Waals surface area (Å²) in [6.45, 7) is 25.0. The zero-order valence-corrected chi connectivity index (χ0v) is 34.9. The molecule has 4 bridgehead atoms. The van der Waals surface area contributed by atoms with Crippen LogP contribution in [0.3, 0.4) is 0 Å². The van der Waals surface area contributed by atoms with Gasteiger partial charge >= 0.3 is 288 Å². The number of benzene rings is 2. The minimum absolute atomic E-state index is 0. The maximum Gasteiger partial charge on any atom is -1.00 e. The van der Waals surface area contributed by atoms with E-state index in [1.165, 1.54) is 65.5 Å². The summed E-state index contributed by atoms with van der Waals surface area (Å²) in [4.78, 5) is 0. The van der Waals surface area contributed by atoms with Crippen molar-refractivity contribution in [2.75, 3.05) is 0 Å². The molecule has 48 heavy (non-hydrogen) atoms. The molecule has 0 nitrogen and oxygen atoms in total. The van der Waals surface area contributed by atoms with E-state index in [0.717, 1.165) is 30.1 Å². The van der Waals surface area contributed by atoms with Crippen molar-refractivity contribution in [3.8, 4) is 11.1 Å². The van der Waals surface area contributed by atoms with E-state index >= 15 is 0 Å². The van der Waals surface area contributed by atoms with Crippen molar-refractivity contribution >= 4 is 14.4 Å². The fraction of sp³-hybridized carbons (Fsp3) is 0.533. The summed E-state index contributed by atoms with van der Waals surface area (Å²) in [6, 6.07) is 10.4. The van der Waals surface area contributed by atoms with Crippen LogP contribution in [0.5, 0.6) is 0 Å². The Morgan fingerprint density at radius 2 is 1.29 bits per heavy atom. The number of rotatable bonds is 3. The summed E-state index contributed by atoms with van der Waals surface area (Å²) in [7, 11) is 0. The molecule has 252 valence electrons. The third-order valence-electron chi connectivity index (χ3n) is 14.7. The molecule has 0 N–H and O–H groups in total. The molecule has 0 amide bonds. The zero-order chi connectivity index (χ0) is 32.2. The normalized spacial score (nSPS) is 31.9. The maximum absolute atomic E-state index is 2.84. The van der Waals surface area contributed by atoms with Crippen LogP contribution in [0.15, 0.2) is 54.6 Å². The molecule has 2 aromatic carbocycles. The van der Waals surface area contributed by atoms with Crippen LogP contribution in [0.4, 0.5) is 0 Å². The Balaban J connectivity index is 0.00000182. The molecule has 0 aromatic heterocycles. The SMILES string of the molecule is CC1=CC(C)(C)c2cc3c(cc21)-c1cc2c(cc1C3)C(C)(C)[C]([Zr+2]([C]1=CC(C3(C)C4CC5CC(C4)CC3C5)=CC1C)=[C](C)C)=C2C.[Cl-].[Cl-]. The molecule has 0 heterocycles. The Hall–Kier alpha value is -1.27. The number of halogens is 2. The van der Waals surface area contributed by atoms with Gasteiger partial charge in [0, 0.05) is 0 Å². The molecular weight excluding hydrogens is 703 g/mol. The van der Waals surface area contributed by atoms with Crippen molar-refractivity contribution in [1.82, 2.24) is 0 Å². The summed E-state index contributed by atoms with van der Waals surface area (Å²) >= 11 is -2.32.